The largest absolute Gasteiger partial charge is 0.496 e. The van der Waals surface area contributed by atoms with Gasteiger partial charge in [-0.1, -0.05) is 42.5 Å². The number of pyridine rings is 1. The summed E-state index contributed by atoms with van der Waals surface area (Å²) in [7, 11) is 4.95. The van der Waals surface area contributed by atoms with E-state index in [4.69, 9.17) is 9.47 Å². The van der Waals surface area contributed by atoms with Crippen molar-refractivity contribution >= 4 is 11.8 Å². The standard InChI is InChI=1S/C26H27N3O4/c1-28-14-15-29(25(30)19-12-13-24(33-3)27-17-19)22(26(28)31)16-18-8-4-5-9-20(18)21-10-6-7-11-23(21)32-2/h4-13,17,22H,14-16H2,1-3H3/t22-/m1/s1. The van der Waals surface area contributed by atoms with Gasteiger partial charge in [-0.05, 0) is 23.3 Å². The van der Waals surface area contributed by atoms with E-state index in [9.17, 15) is 9.59 Å². The Kier molecular flexibility index (Phi) is 6.58. The van der Waals surface area contributed by atoms with Crippen LogP contribution in [0.4, 0.5) is 0 Å². The molecule has 2 aromatic carbocycles. The molecule has 1 atom stereocenters. The fourth-order valence-electron chi connectivity index (χ4n) is 4.18. The molecule has 1 aromatic heterocycles. The van der Waals surface area contributed by atoms with E-state index >= 15 is 0 Å². The van der Waals surface area contributed by atoms with E-state index in [-0.39, 0.29) is 11.8 Å². The quantitative estimate of drug-likeness (QED) is 0.582. The maximum Gasteiger partial charge on any atom is 0.256 e. The molecular formula is C26H27N3O4. The molecule has 2 heterocycles. The summed E-state index contributed by atoms with van der Waals surface area (Å²) in [6.45, 7) is 0.938. The van der Waals surface area contributed by atoms with Crippen LogP contribution < -0.4 is 9.47 Å². The van der Waals surface area contributed by atoms with Crippen molar-refractivity contribution in [2.24, 2.45) is 0 Å². The van der Waals surface area contributed by atoms with E-state index in [1.165, 1.54) is 13.3 Å². The summed E-state index contributed by atoms with van der Waals surface area (Å²) in [6.07, 6.45) is 1.89. The van der Waals surface area contributed by atoms with Crippen LogP contribution in [0.2, 0.25) is 0 Å². The number of piperazine rings is 1. The van der Waals surface area contributed by atoms with E-state index in [1.807, 2.05) is 48.5 Å². The van der Waals surface area contributed by atoms with E-state index in [2.05, 4.69) is 4.98 Å². The van der Waals surface area contributed by atoms with Gasteiger partial charge in [-0.15, -0.1) is 0 Å². The minimum Gasteiger partial charge on any atom is -0.496 e. The first-order valence-electron chi connectivity index (χ1n) is 10.8. The van der Waals surface area contributed by atoms with Crippen molar-refractivity contribution in [3.63, 3.8) is 0 Å². The van der Waals surface area contributed by atoms with Gasteiger partial charge in [0.25, 0.3) is 5.91 Å². The molecule has 1 saturated heterocycles. The molecule has 2 amide bonds. The highest BCUT2D eigenvalue weighted by Gasteiger charge is 2.37. The Bertz CT molecular complexity index is 1150. The number of rotatable bonds is 6. The number of amides is 2. The number of hydrogen-bond acceptors (Lipinski definition) is 5. The average molecular weight is 446 g/mol. The van der Waals surface area contributed by atoms with Gasteiger partial charge < -0.3 is 19.3 Å². The lowest BCUT2D eigenvalue weighted by molar-refractivity contribution is -0.138. The fraction of sp³-hybridized carbons (Fsp3) is 0.269. The molecule has 1 aliphatic rings. The molecule has 0 aliphatic carbocycles. The van der Waals surface area contributed by atoms with Gasteiger partial charge in [0, 0.05) is 44.4 Å². The lowest BCUT2D eigenvalue weighted by atomic mass is 9.92. The molecule has 7 heteroatoms. The number of methoxy groups -OCH3 is 2. The highest BCUT2D eigenvalue weighted by molar-refractivity contribution is 5.98. The third-order valence-corrected chi connectivity index (χ3v) is 5.99. The van der Waals surface area contributed by atoms with E-state index in [0.717, 1.165) is 22.4 Å². The molecule has 7 nitrogen and oxygen atoms in total. The van der Waals surface area contributed by atoms with E-state index < -0.39 is 6.04 Å². The van der Waals surface area contributed by atoms with Crippen LogP contribution in [0.3, 0.4) is 0 Å². The van der Waals surface area contributed by atoms with Crippen molar-refractivity contribution in [2.75, 3.05) is 34.4 Å². The summed E-state index contributed by atoms with van der Waals surface area (Å²) in [5.41, 5.74) is 3.33. The lowest BCUT2D eigenvalue weighted by Gasteiger charge is -2.39. The van der Waals surface area contributed by atoms with Crippen LogP contribution in [0.25, 0.3) is 11.1 Å². The molecule has 170 valence electrons. The van der Waals surface area contributed by atoms with Crippen LogP contribution in [0.1, 0.15) is 15.9 Å². The van der Waals surface area contributed by atoms with Crippen LogP contribution in [0.15, 0.2) is 66.9 Å². The van der Waals surface area contributed by atoms with Gasteiger partial charge in [0.2, 0.25) is 11.8 Å². The van der Waals surface area contributed by atoms with Crippen molar-refractivity contribution in [1.82, 2.24) is 14.8 Å². The summed E-state index contributed by atoms with van der Waals surface area (Å²) >= 11 is 0. The smallest absolute Gasteiger partial charge is 0.256 e. The van der Waals surface area contributed by atoms with Gasteiger partial charge in [-0.25, -0.2) is 4.98 Å². The molecule has 0 N–H and O–H groups in total. The molecule has 0 saturated carbocycles. The second-order valence-electron chi connectivity index (χ2n) is 7.92. The number of likely N-dealkylation sites (N-methyl/N-ethyl adjacent to an activating group) is 1. The zero-order valence-electron chi connectivity index (χ0n) is 19.0. The summed E-state index contributed by atoms with van der Waals surface area (Å²) < 4.78 is 10.7. The van der Waals surface area contributed by atoms with Crippen molar-refractivity contribution in [2.45, 2.75) is 12.5 Å². The van der Waals surface area contributed by atoms with Crippen LogP contribution in [-0.2, 0) is 11.2 Å². The van der Waals surface area contributed by atoms with Gasteiger partial charge in [0.15, 0.2) is 0 Å². The Morgan fingerprint density at radius 1 is 0.970 bits per heavy atom. The van der Waals surface area contributed by atoms with Crippen molar-refractivity contribution in [1.29, 1.82) is 0 Å². The second-order valence-corrected chi connectivity index (χ2v) is 7.92. The monoisotopic (exact) mass is 445 g/mol. The summed E-state index contributed by atoms with van der Waals surface area (Å²) in [4.78, 5) is 34.1. The Labute approximate surface area is 193 Å². The number of nitrogens with zero attached hydrogens (tertiary/aromatic N) is 3. The summed E-state index contributed by atoms with van der Waals surface area (Å²) in [6, 6.07) is 18.4. The van der Waals surface area contributed by atoms with Crippen LogP contribution in [-0.4, -0.2) is 67.0 Å². The predicted molar refractivity (Wildman–Crippen MR) is 125 cm³/mol. The number of carbonyl (C=O) groups is 2. The third-order valence-electron chi connectivity index (χ3n) is 5.99. The Morgan fingerprint density at radius 3 is 2.39 bits per heavy atom. The van der Waals surface area contributed by atoms with E-state index in [1.54, 1.807) is 36.1 Å². The second kappa shape index (κ2) is 9.73. The highest BCUT2D eigenvalue weighted by Crippen LogP contribution is 2.33. The molecule has 0 radical (unpaired) electrons. The number of hydrogen-bond donors (Lipinski definition) is 0. The van der Waals surface area contributed by atoms with Gasteiger partial charge in [-0.2, -0.15) is 0 Å². The zero-order valence-corrected chi connectivity index (χ0v) is 19.0. The number of carbonyl (C=O) groups excluding carboxylic acids is 2. The third kappa shape index (κ3) is 4.53. The molecule has 0 unspecified atom stereocenters. The maximum absolute atomic E-state index is 13.4. The number of aromatic nitrogens is 1. The van der Waals surface area contributed by atoms with Gasteiger partial charge in [-0.3, -0.25) is 9.59 Å². The number of para-hydroxylation sites is 1. The maximum atomic E-state index is 13.4. The zero-order chi connectivity index (χ0) is 23.4. The fourth-order valence-corrected chi connectivity index (χ4v) is 4.18. The summed E-state index contributed by atoms with van der Waals surface area (Å²) in [5.74, 6) is 0.898. The normalized spacial score (nSPS) is 16.0. The molecule has 1 fully saturated rings. The van der Waals surface area contributed by atoms with Crippen LogP contribution in [0, 0.1) is 0 Å². The Balaban J connectivity index is 1.68. The van der Waals surface area contributed by atoms with Crippen molar-refractivity contribution < 1.29 is 19.1 Å². The molecule has 0 spiro atoms. The molecule has 33 heavy (non-hydrogen) atoms. The average Bonchev–Trinajstić information content (AvgIpc) is 2.87. The first kappa shape index (κ1) is 22.3. The molecule has 1 aliphatic heterocycles. The van der Waals surface area contributed by atoms with Gasteiger partial charge in [0.1, 0.15) is 11.8 Å². The Hall–Kier alpha value is -3.87. The van der Waals surface area contributed by atoms with Crippen molar-refractivity contribution in [3.8, 4) is 22.8 Å². The van der Waals surface area contributed by atoms with Crippen LogP contribution >= 0.6 is 0 Å². The first-order valence-corrected chi connectivity index (χ1v) is 10.8. The number of ether oxygens (including phenoxy) is 2. The van der Waals surface area contributed by atoms with Crippen LogP contribution in [0.5, 0.6) is 11.6 Å². The van der Waals surface area contributed by atoms with Gasteiger partial charge >= 0.3 is 0 Å². The van der Waals surface area contributed by atoms with E-state index in [0.29, 0.717) is 31.0 Å². The lowest BCUT2D eigenvalue weighted by Crippen LogP contribution is -2.58. The number of benzene rings is 2. The minimum atomic E-state index is -0.616. The summed E-state index contributed by atoms with van der Waals surface area (Å²) in [5, 5.41) is 0. The molecular weight excluding hydrogens is 418 g/mol. The highest BCUT2D eigenvalue weighted by atomic mass is 16.5. The van der Waals surface area contributed by atoms with Crippen molar-refractivity contribution in [3.05, 3.63) is 78.0 Å². The van der Waals surface area contributed by atoms with Gasteiger partial charge in [0.05, 0.1) is 19.8 Å². The topological polar surface area (TPSA) is 72.0 Å². The SMILES string of the molecule is COc1ccc(C(=O)N2CCN(C)C(=O)[C@H]2Cc2ccccc2-c2ccccc2OC)cn1. The molecule has 4 rings (SSSR count). The Morgan fingerprint density at radius 2 is 1.70 bits per heavy atom. The molecule has 0 bridgehead atoms. The predicted octanol–water partition coefficient (Wildman–Crippen LogP) is 3.29. The minimum absolute atomic E-state index is 0.0779. The molecule has 3 aromatic rings. The first-order chi connectivity index (χ1) is 16.0.